The molecule has 0 aliphatic heterocycles. The molecule has 2 N–H and O–H groups in total. The minimum absolute atomic E-state index is 0.0697. The number of carbonyl (C=O) groups excluding carboxylic acids is 2. The van der Waals surface area contributed by atoms with E-state index in [-0.39, 0.29) is 41.4 Å². The van der Waals surface area contributed by atoms with E-state index in [1.165, 1.54) is 12.7 Å². The molecule has 8 nitrogen and oxygen atoms in total. The van der Waals surface area contributed by atoms with Gasteiger partial charge in [-0.25, -0.2) is 9.97 Å². The van der Waals surface area contributed by atoms with E-state index in [2.05, 4.69) is 20.6 Å². The zero-order valence-electron chi connectivity index (χ0n) is 14.7. The molecular weight excluding hydrogens is 324 g/mol. The lowest BCUT2D eigenvalue weighted by molar-refractivity contribution is 0.0920. The third-order valence-corrected chi connectivity index (χ3v) is 4.01. The standard InChI is InChI=1S/C17H22N4O4/c1-8(2)14-13(18-7-25-14)16(23)20-11-5-10(11)19-15(22)12-6-24-17(21-12)9(3)4/h6-11H,5H2,1-4H3,(H,19,22)(H,20,23)/t10-,11-/m1/s1. The van der Waals surface area contributed by atoms with Crippen LogP contribution in [0, 0.1) is 0 Å². The van der Waals surface area contributed by atoms with Crippen molar-refractivity contribution in [3.05, 3.63) is 35.7 Å². The summed E-state index contributed by atoms with van der Waals surface area (Å²) >= 11 is 0. The molecule has 0 aromatic carbocycles. The van der Waals surface area contributed by atoms with Crippen LogP contribution in [0.4, 0.5) is 0 Å². The summed E-state index contributed by atoms with van der Waals surface area (Å²) in [5.41, 5.74) is 0.546. The van der Waals surface area contributed by atoms with Crippen LogP contribution in [-0.4, -0.2) is 33.9 Å². The molecule has 1 fully saturated rings. The van der Waals surface area contributed by atoms with Gasteiger partial charge < -0.3 is 19.5 Å². The second-order valence-corrected chi connectivity index (χ2v) is 6.84. The van der Waals surface area contributed by atoms with E-state index in [0.29, 0.717) is 23.8 Å². The number of rotatable bonds is 6. The molecule has 0 unspecified atom stereocenters. The Morgan fingerprint density at radius 2 is 1.76 bits per heavy atom. The lowest BCUT2D eigenvalue weighted by Crippen LogP contribution is -2.35. The molecule has 0 bridgehead atoms. The zero-order chi connectivity index (χ0) is 18.1. The van der Waals surface area contributed by atoms with Crippen LogP contribution >= 0.6 is 0 Å². The first-order valence-corrected chi connectivity index (χ1v) is 8.37. The molecule has 0 spiro atoms. The number of hydrogen-bond donors (Lipinski definition) is 2. The molecule has 2 atom stereocenters. The monoisotopic (exact) mass is 346 g/mol. The van der Waals surface area contributed by atoms with E-state index in [1.54, 1.807) is 0 Å². The van der Waals surface area contributed by atoms with Gasteiger partial charge >= 0.3 is 0 Å². The predicted octanol–water partition coefficient (Wildman–Crippen LogP) is 2.21. The molecule has 2 amide bonds. The van der Waals surface area contributed by atoms with Crippen LogP contribution in [0.15, 0.2) is 21.5 Å². The van der Waals surface area contributed by atoms with Crippen molar-refractivity contribution in [2.24, 2.45) is 0 Å². The normalized spacial score (nSPS) is 19.3. The van der Waals surface area contributed by atoms with Gasteiger partial charge in [0.15, 0.2) is 23.7 Å². The fourth-order valence-corrected chi connectivity index (χ4v) is 2.49. The Morgan fingerprint density at radius 1 is 1.08 bits per heavy atom. The highest BCUT2D eigenvalue weighted by atomic mass is 16.3. The maximum atomic E-state index is 12.3. The third-order valence-electron chi connectivity index (χ3n) is 4.01. The maximum absolute atomic E-state index is 12.3. The van der Waals surface area contributed by atoms with Crippen molar-refractivity contribution in [3.8, 4) is 0 Å². The van der Waals surface area contributed by atoms with Crippen molar-refractivity contribution in [1.82, 2.24) is 20.6 Å². The SMILES string of the molecule is CC(C)c1nc(C(=O)N[C@@H]2C[C@H]2NC(=O)c2ncoc2C(C)C)co1. The Kier molecular flexibility index (Phi) is 4.61. The summed E-state index contributed by atoms with van der Waals surface area (Å²) in [5, 5.41) is 5.70. The number of nitrogens with one attached hydrogen (secondary N) is 2. The van der Waals surface area contributed by atoms with Gasteiger partial charge in [0.1, 0.15) is 12.0 Å². The van der Waals surface area contributed by atoms with Gasteiger partial charge in [-0.2, -0.15) is 0 Å². The van der Waals surface area contributed by atoms with E-state index >= 15 is 0 Å². The predicted molar refractivity (Wildman–Crippen MR) is 88.3 cm³/mol. The summed E-state index contributed by atoms with van der Waals surface area (Å²) in [4.78, 5) is 32.6. The number of oxazole rings is 2. The molecule has 0 radical (unpaired) electrons. The Hall–Kier alpha value is -2.64. The van der Waals surface area contributed by atoms with Gasteiger partial charge in [0.05, 0.1) is 12.1 Å². The van der Waals surface area contributed by atoms with Crippen molar-refractivity contribution in [2.75, 3.05) is 0 Å². The molecule has 0 saturated heterocycles. The minimum atomic E-state index is -0.304. The average Bonchev–Trinajstić information content (AvgIpc) is 3.02. The number of carbonyl (C=O) groups is 2. The van der Waals surface area contributed by atoms with Crippen LogP contribution in [-0.2, 0) is 0 Å². The van der Waals surface area contributed by atoms with Crippen molar-refractivity contribution in [3.63, 3.8) is 0 Å². The van der Waals surface area contributed by atoms with Gasteiger partial charge in [-0.3, -0.25) is 9.59 Å². The molecule has 3 rings (SSSR count). The second kappa shape index (κ2) is 6.70. The first-order chi connectivity index (χ1) is 11.9. The van der Waals surface area contributed by atoms with E-state index in [9.17, 15) is 9.59 Å². The maximum Gasteiger partial charge on any atom is 0.273 e. The van der Waals surface area contributed by atoms with Gasteiger partial charge in [0.25, 0.3) is 11.8 Å². The van der Waals surface area contributed by atoms with E-state index in [0.717, 1.165) is 0 Å². The van der Waals surface area contributed by atoms with Crippen LogP contribution in [0.2, 0.25) is 0 Å². The van der Waals surface area contributed by atoms with Crippen molar-refractivity contribution in [1.29, 1.82) is 0 Å². The smallest absolute Gasteiger partial charge is 0.273 e. The number of nitrogens with zero attached hydrogens (tertiary/aromatic N) is 2. The molecule has 2 aromatic heterocycles. The van der Waals surface area contributed by atoms with Crippen LogP contribution in [0.1, 0.15) is 78.6 Å². The number of amides is 2. The summed E-state index contributed by atoms with van der Waals surface area (Å²) in [6, 6.07) is -0.241. The van der Waals surface area contributed by atoms with E-state index < -0.39 is 0 Å². The summed E-state index contributed by atoms with van der Waals surface area (Å²) in [6.07, 6.45) is 3.29. The molecule has 1 aliphatic rings. The molecule has 8 heteroatoms. The lowest BCUT2D eigenvalue weighted by atomic mass is 10.1. The number of aromatic nitrogens is 2. The molecule has 2 heterocycles. The molecule has 1 aliphatic carbocycles. The van der Waals surface area contributed by atoms with Gasteiger partial charge in [0.2, 0.25) is 0 Å². The quantitative estimate of drug-likeness (QED) is 0.830. The Bertz CT molecular complexity index is 777. The summed E-state index contributed by atoms with van der Waals surface area (Å²) in [6.45, 7) is 7.74. The van der Waals surface area contributed by atoms with Gasteiger partial charge in [-0.1, -0.05) is 27.7 Å². The Morgan fingerprint density at radius 3 is 2.36 bits per heavy atom. The largest absolute Gasteiger partial charge is 0.448 e. The Labute approximate surface area is 145 Å². The van der Waals surface area contributed by atoms with Crippen LogP contribution < -0.4 is 10.6 Å². The second-order valence-electron chi connectivity index (χ2n) is 6.84. The summed E-state index contributed by atoms with van der Waals surface area (Å²) in [7, 11) is 0. The molecule has 25 heavy (non-hydrogen) atoms. The van der Waals surface area contributed by atoms with Gasteiger partial charge in [-0.15, -0.1) is 0 Å². The summed E-state index contributed by atoms with van der Waals surface area (Å²) < 4.78 is 10.5. The van der Waals surface area contributed by atoms with Crippen molar-refractivity contribution in [2.45, 2.75) is 58.0 Å². The van der Waals surface area contributed by atoms with Gasteiger partial charge in [-0.05, 0) is 6.42 Å². The average molecular weight is 346 g/mol. The van der Waals surface area contributed by atoms with E-state index in [4.69, 9.17) is 8.83 Å². The minimum Gasteiger partial charge on any atom is -0.448 e. The first-order valence-electron chi connectivity index (χ1n) is 8.37. The Balaban J connectivity index is 1.53. The zero-order valence-corrected chi connectivity index (χ0v) is 14.7. The third kappa shape index (κ3) is 3.72. The van der Waals surface area contributed by atoms with Crippen LogP contribution in [0.5, 0.6) is 0 Å². The van der Waals surface area contributed by atoms with Gasteiger partial charge in [0, 0.05) is 11.8 Å². The van der Waals surface area contributed by atoms with Crippen molar-refractivity contribution >= 4 is 11.8 Å². The highest BCUT2D eigenvalue weighted by Gasteiger charge is 2.41. The van der Waals surface area contributed by atoms with E-state index in [1.807, 2.05) is 27.7 Å². The first kappa shape index (κ1) is 17.2. The lowest BCUT2D eigenvalue weighted by Gasteiger charge is -2.06. The highest BCUT2D eigenvalue weighted by Crippen LogP contribution is 2.24. The van der Waals surface area contributed by atoms with Crippen LogP contribution in [0.3, 0.4) is 0 Å². The fraction of sp³-hybridized carbons (Fsp3) is 0.529. The molecule has 1 saturated carbocycles. The van der Waals surface area contributed by atoms with Crippen molar-refractivity contribution < 1.29 is 18.4 Å². The topological polar surface area (TPSA) is 110 Å². The highest BCUT2D eigenvalue weighted by molar-refractivity contribution is 5.94. The molecule has 2 aromatic rings. The van der Waals surface area contributed by atoms with Crippen LogP contribution in [0.25, 0.3) is 0 Å². The summed E-state index contributed by atoms with van der Waals surface area (Å²) in [5.74, 6) is 0.678. The number of hydrogen-bond acceptors (Lipinski definition) is 6. The fourth-order valence-electron chi connectivity index (χ4n) is 2.49. The molecule has 134 valence electrons. The molecular formula is C17H22N4O4.